The summed E-state index contributed by atoms with van der Waals surface area (Å²) in [7, 11) is 0. The van der Waals surface area contributed by atoms with Crippen molar-refractivity contribution in [2.75, 3.05) is 0 Å². The number of fused-ring (bicyclic) bond motifs is 1. The second-order valence-electron chi connectivity index (χ2n) is 4.98. The number of nitrogens with zero attached hydrogens (tertiary/aromatic N) is 2. The average molecular weight is 202 g/mol. The van der Waals surface area contributed by atoms with E-state index in [1.54, 1.807) is 0 Å². The number of aryl methyl sites for hydroxylation is 1. The van der Waals surface area contributed by atoms with Gasteiger partial charge in [-0.2, -0.15) is 0 Å². The van der Waals surface area contributed by atoms with Crippen LogP contribution in [0.1, 0.15) is 33.3 Å². The van der Waals surface area contributed by atoms with Gasteiger partial charge in [0.2, 0.25) is 0 Å². The van der Waals surface area contributed by atoms with Crippen molar-refractivity contribution in [2.24, 2.45) is 0 Å². The second kappa shape index (κ2) is 3.37. The van der Waals surface area contributed by atoms with Gasteiger partial charge in [-0.15, -0.1) is 0 Å². The van der Waals surface area contributed by atoms with E-state index in [1.807, 2.05) is 6.33 Å². The molecule has 0 saturated heterocycles. The Hall–Kier alpha value is -1.31. The summed E-state index contributed by atoms with van der Waals surface area (Å²) >= 11 is 0. The highest BCUT2D eigenvalue weighted by Gasteiger charge is 2.14. The molecule has 0 aliphatic rings. The molecule has 15 heavy (non-hydrogen) atoms. The Morgan fingerprint density at radius 3 is 2.60 bits per heavy atom. The fourth-order valence-electron chi connectivity index (χ4n) is 1.78. The highest BCUT2D eigenvalue weighted by molar-refractivity contribution is 5.76. The lowest BCUT2D eigenvalue weighted by Crippen LogP contribution is -2.10. The standard InChI is InChI=1S/C13H18N2/c1-5-15-9-14-11-8-10(13(2,3)4)6-7-12(11)15/h6-9H,5H2,1-4H3. The summed E-state index contributed by atoms with van der Waals surface area (Å²) in [4.78, 5) is 4.43. The molecular formula is C13H18N2. The van der Waals surface area contributed by atoms with Gasteiger partial charge in [0, 0.05) is 6.54 Å². The summed E-state index contributed by atoms with van der Waals surface area (Å²) in [5.41, 5.74) is 3.87. The van der Waals surface area contributed by atoms with E-state index >= 15 is 0 Å². The van der Waals surface area contributed by atoms with Crippen LogP contribution in [0, 0.1) is 0 Å². The Labute approximate surface area is 90.9 Å². The van der Waals surface area contributed by atoms with E-state index in [2.05, 4.69) is 55.4 Å². The van der Waals surface area contributed by atoms with E-state index < -0.39 is 0 Å². The first-order valence-electron chi connectivity index (χ1n) is 5.47. The normalized spacial score (nSPS) is 12.3. The minimum atomic E-state index is 0.199. The molecule has 0 aliphatic heterocycles. The van der Waals surface area contributed by atoms with Gasteiger partial charge in [-0.25, -0.2) is 4.98 Å². The fraction of sp³-hybridized carbons (Fsp3) is 0.462. The third-order valence-corrected chi connectivity index (χ3v) is 2.83. The highest BCUT2D eigenvalue weighted by atomic mass is 15.0. The van der Waals surface area contributed by atoms with Gasteiger partial charge in [-0.05, 0) is 30.0 Å². The lowest BCUT2D eigenvalue weighted by atomic mass is 9.87. The van der Waals surface area contributed by atoms with Crippen LogP contribution in [0.5, 0.6) is 0 Å². The quantitative estimate of drug-likeness (QED) is 0.693. The summed E-state index contributed by atoms with van der Waals surface area (Å²) in [5, 5.41) is 0. The Bertz CT molecular complexity index is 475. The van der Waals surface area contributed by atoms with E-state index in [9.17, 15) is 0 Å². The number of hydrogen-bond acceptors (Lipinski definition) is 1. The van der Waals surface area contributed by atoms with Gasteiger partial charge < -0.3 is 4.57 Å². The van der Waals surface area contributed by atoms with Crippen molar-refractivity contribution in [2.45, 2.75) is 39.7 Å². The first-order chi connectivity index (χ1) is 7.02. The first kappa shape index (κ1) is 10.2. The molecule has 0 fully saturated rings. The van der Waals surface area contributed by atoms with E-state index in [4.69, 9.17) is 0 Å². The summed E-state index contributed by atoms with van der Waals surface area (Å²) in [6.45, 7) is 9.80. The Morgan fingerprint density at radius 1 is 1.27 bits per heavy atom. The molecule has 1 aromatic heterocycles. The summed E-state index contributed by atoms with van der Waals surface area (Å²) < 4.78 is 2.17. The van der Waals surface area contributed by atoms with Crippen LogP contribution < -0.4 is 0 Å². The van der Waals surface area contributed by atoms with E-state index in [0.29, 0.717) is 0 Å². The van der Waals surface area contributed by atoms with Crippen LogP contribution in [-0.4, -0.2) is 9.55 Å². The van der Waals surface area contributed by atoms with Crippen molar-refractivity contribution in [3.8, 4) is 0 Å². The topological polar surface area (TPSA) is 17.8 Å². The van der Waals surface area contributed by atoms with Crippen LogP contribution in [0.15, 0.2) is 24.5 Å². The van der Waals surface area contributed by atoms with Crippen LogP contribution in [0.3, 0.4) is 0 Å². The zero-order valence-corrected chi connectivity index (χ0v) is 9.91. The molecule has 2 nitrogen and oxygen atoms in total. The molecule has 2 heteroatoms. The smallest absolute Gasteiger partial charge is 0.0958 e. The summed E-state index contributed by atoms with van der Waals surface area (Å²) in [5.74, 6) is 0. The lowest BCUT2D eigenvalue weighted by Gasteiger charge is -2.18. The van der Waals surface area contributed by atoms with Gasteiger partial charge in [0.25, 0.3) is 0 Å². The lowest BCUT2D eigenvalue weighted by molar-refractivity contribution is 0.591. The molecule has 0 spiro atoms. The zero-order valence-electron chi connectivity index (χ0n) is 9.91. The molecule has 0 radical (unpaired) electrons. The predicted octanol–water partition coefficient (Wildman–Crippen LogP) is 3.35. The monoisotopic (exact) mass is 202 g/mol. The van der Waals surface area contributed by atoms with E-state index in [1.165, 1.54) is 11.1 Å². The van der Waals surface area contributed by atoms with Crippen LogP contribution >= 0.6 is 0 Å². The molecular weight excluding hydrogens is 184 g/mol. The minimum absolute atomic E-state index is 0.199. The molecule has 2 rings (SSSR count). The van der Waals surface area contributed by atoms with E-state index in [-0.39, 0.29) is 5.41 Å². The number of imidazole rings is 1. The van der Waals surface area contributed by atoms with Gasteiger partial charge in [0.15, 0.2) is 0 Å². The first-order valence-corrected chi connectivity index (χ1v) is 5.47. The molecule has 0 unspecified atom stereocenters. The molecule has 0 atom stereocenters. The van der Waals surface area contributed by atoms with Crippen LogP contribution in [0.2, 0.25) is 0 Å². The predicted molar refractivity (Wildman–Crippen MR) is 64.1 cm³/mol. The van der Waals surface area contributed by atoms with Crippen LogP contribution in [-0.2, 0) is 12.0 Å². The summed E-state index contributed by atoms with van der Waals surface area (Å²) in [6, 6.07) is 6.57. The molecule has 0 amide bonds. The SMILES string of the molecule is CCn1cnc2cc(C(C)(C)C)ccc21. The molecule has 0 aliphatic carbocycles. The van der Waals surface area contributed by atoms with Crippen molar-refractivity contribution in [3.63, 3.8) is 0 Å². The summed E-state index contributed by atoms with van der Waals surface area (Å²) in [6.07, 6.45) is 1.91. The number of aromatic nitrogens is 2. The van der Waals surface area contributed by atoms with Crippen molar-refractivity contribution < 1.29 is 0 Å². The third-order valence-electron chi connectivity index (χ3n) is 2.83. The third kappa shape index (κ3) is 1.76. The number of rotatable bonds is 1. The second-order valence-corrected chi connectivity index (χ2v) is 4.98. The maximum atomic E-state index is 4.43. The average Bonchev–Trinajstić information content (AvgIpc) is 2.58. The molecule has 1 aromatic carbocycles. The molecule has 0 N–H and O–H groups in total. The van der Waals surface area contributed by atoms with Gasteiger partial charge in [0.05, 0.1) is 17.4 Å². The van der Waals surface area contributed by atoms with Crippen molar-refractivity contribution in [1.29, 1.82) is 0 Å². The maximum Gasteiger partial charge on any atom is 0.0958 e. The zero-order chi connectivity index (χ0) is 11.1. The molecule has 2 aromatic rings. The number of hydrogen-bond donors (Lipinski definition) is 0. The molecule has 1 heterocycles. The minimum Gasteiger partial charge on any atom is -0.331 e. The van der Waals surface area contributed by atoms with Gasteiger partial charge in [-0.1, -0.05) is 26.8 Å². The van der Waals surface area contributed by atoms with E-state index in [0.717, 1.165) is 12.1 Å². The van der Waals surface area contributed by atoms with Crippen LogP contribution in [0.25, 0.3) is 11.0 Å². The Kier molecular flexibility index (Phi) is 2.29. The Balaban J connectivity index is 2.58. The highest BCUT2D eigenvalue weighted by Crippen LogP contribution is 2.25. The van der Waals surface area contributed by atoms with Gasteiger partial charge in [-0.3, -0.25) is 0 Å². The van der Waals surface area contributed by atoms with Crippen molar-refractivity contribution in [3.05, 3.63) is 30.1 Å². The Morgan fingerprint density at radius 2 is 2.00 bits per heavy atom. The molecule has 0 saturated carbocycles. The van der Waals surface area contributed by atoms with Crippen LogP contribution in [0.4, 0.5) is 0 Å². The molecule has 0 bridgehead atoms. The molecule has 80 valence electrons. The maximum absolute atomic E-state index is 4.43. The fourth-order valence-corrected chi connectivity index (χ4v) is 1.78. The van der Waals surface area contributed by atoms with Crippen molar-refractivity contribution >= 4 is 11.0 Å². The van der Waals surface area contributed by atoms with Gasteiger partial charge >= 0.3 is 0 Å². The van der Waals surface area contributed by atoms with Crippen molar-refractivity contribution in [1.82, 2.24) is 9.55 Å². The van der Waals surface area contributed by atoms with Gasteiger partial charge in [0.1, 0.15) is 0 Å². The largest absolute Gasteiger partial charge is 0.331 e. The number of benzene rings is 1.